The molecular formula is C12H13N3O2S. The van der Waals surface area contributed by atoms with Gasteiger partial charge in [-0.15, -0.1) is 11.3 Å². The normalized spacial score (nSPS) is 15.7. The SMILES string of the molecule is O=C(c1cc(-c2cccs2)[nH]n1)N1CC(CO)C1. The van der Waals surface area contributed by atoms with Gasteiger partial charge < -0.3 is 10.0 Å². The molecule has 94 valence electrons. The molecule has 3 heterocycles. The van der Waals surface area contributed by atoms with Gasteiger partial charge in [0.1, 0.15) is 0 Å². The van der Waals surface area contributed by atoms with E-state index in [0.29, 0.717) is 18.8 Å². The van der Waals surface area contributed by atoms with Crippen LogP contribution in [0.5, 0.6) is 0 Å². The quantitative estimate of drug-likeness (QED) is 0.874. The van der Waals surface area contributed by atoms with Gasteiger partial charge in [0, 0.05) is 25.6 Å². The number of hydrogen-bond donors (Lipinski definition) is 2. The molecule has 1 saturated heterocycles. The molecule has 0 unspecified atom stereocenters. The lowest BCUT2D eigenvalue weighted by Gasteiger charge is -2.37. The molecule has 0 aromatic carbocycles. The predicted octanol–water partition coefficient (Wildman–Crippen LogP) is 1.20. The predicted molar refractivity (Wildman–Crippen MR) is 68.4 cm³/mol. The van der Waals surface area contributed by atoms with Gasteiger partial charge in [-0.05, 0) is 17.5 Å². The molecule has 0 bridgehead atoms. The summed E-state index contributed by atoms with van der Waals surface area (Å²) in [5.74, 6) is 0.156. The first kappa shape index (κ1) is 11.4. The van der Waals surface area contributed by atoms with E-state index in [-0.39, 0.29) is 18.4 Å². The molecule has 18 heavy (non-hydrogen) atoms. The Kier molecular flexibility index (Phi) is 2.89. The van der Waals surface area contributed by atoms with Crippen LogP contribution in [0.3, 0.4) is 0 Å². The fraction of sp³-hybridized carbons (Fsp3) is 0.333. The molecule has 0 atom stereocenters. The van der Waals surface area contributed by atoms with Crippen LogP contribution in [0.1, 0.15) is 10.5 Å². The minimum atomic E-state index is -0.0706. The highest BCUT2D eigenvalue weighted by Crippen LogP contribution is 2.24. The Balaban J connectivity index is 1.72. The first-order valence-corrected chi connectivity index (χ1v) is 6.65. The van der Waals surface area contributed by atoms with Crippen LogP contribution in [0, 0.1) is 5.92 Å². The monoisotopic (exact) mass is 263 g/mol. The van der Waals surface area contributed by atoms with E-state index in [4.69, 9.17) is 5.11 Å². The molecule has 0 aliphatic carbocycles. The first-order chi connectivity index (χ1) is 8.78. The third kappa shape index (κ3) is 1.93. The number of carbonyl (C=O) groups excluding carboxylic acids is 1. The van der Waals surface area contributed by atoms with Gasteiger partial charge in [0.15, 0.2) is 5.69 Å². The van der Waals surface area contributed by atoms with Crippen LogP contribution < -0.4 is 0 Å². The lowest BCUT2D eigenvalue weighted by molar-refractivity contribution is 0.0356. The van der Waals surface area contributed by atoms with Crippen LogP contribution in [0.15, 0.2) is 23.6 Å². The van der Waals surface area contributed by atoms with Gasteiger partial charge >= 0.3 is 0 Å². The van der Waals surface area contributed by atoms with Crippen LogP contribution in [0.2, 0.25) is 0 Å². The van der Waals surface area contributed by atoms with Crippen molar-refractivity contribution < 1.29 is 9.90 Å². The summed E-state index contributed by atoms with van der Waals surface area (Å²) >= 11 is 1.60. The second kappa shape index (κ2) is 4.55. The summed E-state index contributed by atoms with van der Waals surface area (Å²) in [5.41, 5.74) is 1.31. The van der Waals surface area contributed by atoms with Crippen LogP contribution in [0.25, 0.3) is 10.6 Å². The van der Waals surface area contributed by atoms with Crippen molar-refractivity contribution in [1.82, 2.24) is 15.1 Å². The van der Waals surface area contributed by atoms with E-state index < -0.39 is 0 Å². The second-order valence-electron chi connectivity index (χ2n) is 4.40. The van der Waals surface area contributed by atoms with Crippen molar-refractivity contribution in [2.24, 2.45) is 5.92 Å². The Morgan fingerprint density at radius 2 is 2.44 bits per heavy atom. The van der Waals surface area contributed by atoms with E-state index in [0.717, 1.165) is 10.6 Å². The molecule has 0 saturated carbocycles. The number of amides is 1. The van der Waals surface area contributed by atoms with Gasteiger partial charge in [0.05, 0.1) is 10.6 Å². The van der Waals surface area contributed by atoms with Crippen molar-refractivity contribution in [1.29, 1.82) is 0 Å². The highest BCUT2D eigenvalue weighted by molar-refractivity contribution is 7.13. The molecule has 6 heteroatoms. The maximum Gasteiger partial charge on any atom is 0.274 e. The number of aromatic amines is 1. The molecule has 1 aliphatic heterocycles. The molecule has 0 radical (unpaired) electrons. The van der Waals surface area contributed by atoms with Crippen LogP contribution >= 0.6 is 11.3 Å². The number of rotatable bonds is 3. The zero-order chi connectivity index (χ0) is 12.5. The van der Waals surface area contributed by atoms with Crippen LogP contribution in [-0.2, 0) is 0 Å². The molecule has 1 fully saturated rings. The van der Waals surface area contributed by atoms with E-state index in [1.807, 2.05) is 17.5 Å². The number of aromatic nitrogens is 2. The Morgan fingerprint density at radius 3 is 3.11 bits per heavy atom. The minimum Gasteiger partial charge on any atom is -0.396 e. The molecule has 3 rings (SSSR count). The Hall–Kier alpha value is -1.66. The summed E-state index contributed by atoms with van der Waals surface area (Å²) in [6.45, 7) is 1.39. The van der Waals surface area contributed by atoms with E-state index in [2.05, 4.69) is 10.2 Å². The topological polar surface area (TPSA) is 69.2 Å². The van der Waals surface area contributed by atoms with Crippen molar-refractivity contribution in [3.63, 3.8) is 0 Å². The minimum absolute atomic E-state index is 0.0706. The summed E-state index contributed by atoms with van der Waals surface area (Å²) in [6, 6.07) is 5.72. The first-order valence-electron chi connectivity index (χ1n) is 5.77. The van der Waals surface area contributed by atoms with Crippen molar-refractivity contribution in [3.05, 3.63) is 29.3 Å². The average Bonchev–Trinajstić information content (AvgIpc) is 2.98. The fourth-order valence-electron chi connectivity index (χ4n) is 2.00. The third-order valence-electron chi connectivity index (χ3n) is 3.09. The van der Waals surface area contributed by atoms with E-state index in [1.165, 1.54) is 0 Å². The highest BCUT2D eigenvalue weighted by Gasteiger charge is 2.31. The number of thiophene rings is 1. The number of aliphatic hydroxyl groups excluding tert-OH is 1. The maximum absolute atomic E-state index is 12.0. The maximum atomic E-state index is 12.0. The van der Waals surface area contributed by atoms with E-state index >= 15 is 0 Å². The lowest BCUT2D eigenvalue weighted by Crippen LogP contribution is -2.51. The van der Waals surface area contributed by atoms with Gasteiger partial charge in [0.2, 0.25) is 0 Å². The van der Waals surface area contributed by atoms with Gasteiger partial charge in [-0.2, -0.15) is 5.10 Å². The van der Waals surface area contributed by atoms with Crippen molar-refractivity contribution in [2.75, 3.05) is 19.7 Å². The molecule has 0 spiro atoms. The Bertz CT molecular complexity index is 543. The molecule has 1 aliphatic rings. The number of carbonyl (C=O) groups is 1. The number of nitrogens with zero attached hydrogens (tertiary/aromatic N) is 2. The van der Waals surface area contributed by atoms with Gasteiger partial charge in [-0.1, -0.05) is 6.07 Å². The summed E-state index contributed by atoms with van der Waals surface area (Å²) in [5, 5.41) is 17.8. The Morgan fingerprint density at radius 1 is 1.61 bits per heavy atom. The molecular weight excluding hydrogens is 250 g/mol. The molecule has 2 N–H and O–H groups in total. The second-order valence-corrected chi connectivity index (χ2v) is 5.35. The molecule has 1 amide bonds. The van der Waals surface area contributed by atoms with Crippen molar-refractivity contribution in [2.45, 2.75) is 0 Å². The fourth-order valence-corrected chi connectivity index (χ4v) is 2.69. The number of nitrogens with one attached hydrogen (secondary N) is 1. The third-order valence-corrected chi connectivity index (χ3v) is 3.99. The number of H-pyrrole nitrogens is 1. The summed E-state index contributed by atoms with van der Waals surface area (Å²) in [4.78, 5) is 14.8. The zero-order valence-corrected chi connectivity index (χ0v) is 10.5. The standard InChI is InChI=1S/C12H13N3O2S/c16-7-8-5-15(6-8)12(17)10-4-9(13-14-10)11-2-1-3-18-11/h1-4,8,16H,5-7H2,(H,13,14). The van der Waals surface area contributed by atoms with Crippen LogP contribution in [0.4, 0.5) is 0 Å². The molecule has 5 nitrogen and oxygen atoms in total. The molecule has 2 aromatic rings. The van der Waals surface area contributed by atoms with Gasteiger partial charge in [-0.25, -0.2) is 0 Å². The van der Waals surface area contributed by atoms with E-state index in [9.17, 15) is 4.79 Å². The smallest absolute Gasteiger partial charge is 0.274 e. The summed E-state index contributed by atoms with van der Waals surface area (Å²) in [6.07, 6.45) is 0. The average molecular weight is 263 g/mol. The number of likely N-dealkylation sites (tertiary alicyclic amines) is 1. The van der Waals surface area contributed by atoms with E-state index in [1.54, 1.807) is 22.3 Å². The van der Waals surface area contributed by atoms with Crippen molar-refractivity contribution in [3.8, 4) is 10.6 Å². The zero-order valence-electron chi connectivity index (χ0n) is 9.67. The summed E-state index contributed by atoms with van der Waals surface area (Å²) in [7, 11) is 0. The lowest BCUT2D eigenvalue weighted by atomic mass is 10.0. The largest absolute Gasteiger partial charge is 0.396 e. The van der Waals surface area contributed by atoms with Gasteiger partial charge in [0.25, 0.3) is 5.91 Å². The number of hydrogen-bond acceptors (Lipinski definition) is 4. The molecule has 2 aromatic heterocycles. The van der Waals surface area contributed by atoms with Crippen molar-refractivity contribution >= 4 is 17.2 Å². The highest BCUT2D eigenvalue weighted by atomic mass is 32.1. The van der Waals surface area contributed by atoms with Gasteiger partial charge in [-0.3, -0.25) is 9.89 Å². The Labute approximate surface area is 108 Å². The summed E-state index contributed by atoms with van der Waals surface area (Å²) < 4.78 is 0. The number of aliphatic hydroxyl groups is 1. The van der Waals surface area contributed by atoms with Crippen LogP contribution in [-0.4, -0.2) is 45.8 Å².